The lowest BCUT2D eigenvalue weighted by atomic mass is 10.1. The van der Waals surface area contributed by atoms with Gasteiger partial charge in [0.1, 0.15) is 12.4 Å². The molecule has 0 radical (unpaired) electrons. The van der Waals surface area contributed by atoms with Gasteiger partial charge in [0.15, 0.2) is 0 Å². The third-order valence-electron chi connectivity index (χ3n) is 2.76. The van der Waals surface area contributed by atoms with E-state index in [1.165, 1.54) is 0 Å². The molecular formula is C15H18N2O. The molecule has 3 heteroatoms. The molecule has 0 aliphatic rings. The minimum Gasteiger partial charge on any atom is -0.487 e. The van der Waals surface area contributed by atoms with E-state index in [9.17, 15) is 0 Å². The van der Waals surface area contributed by atoms with Crippen LogP contribution in [0.15, 0.2) is 42.6 Å². The quantitative estimate of drug-likeness (QED) is 0.896. The number of aryl methyl sites for hydroxylation is 1. The maximum absolute atomic E-state index is 5.94. The second-order valence-electron chi connectivity index (χ2n) is 4.44. The molecule has 2 N–H and O–H groups in total. The van der Waals surface area contributed by atoms with E-state index in [0.717, 1.165) is 22.6 Å². The average molecular weight is 242 g/mol. The lowest BCUT2D eigenvalue weighted by Gasteiger charge is -2.14. The lowest BCUT2D eigenvalue weighted by Crippen LogP contribution is -2.08. The van der Waals surface area contributed by atoms with Gasteiger partial charge in [-0.05, 0) is 37.6 Å². The molecule has 0 aliphatic heterocycles. The van der Waals surface area contributed by atoms with Crippen molar-refractivity contribution in [2.24, 2.45) is 5.73 Å². The van der Waals surface area contributed by atoms with E-state index in [1.54, 1.807) is 6.20 Å². The van der Waals surface area contributed by atoms with E-state index >= 15 is 0 Å². The fraction of sp³-hybridized carbons (Fsp3) is 0.267. The van der Waals surface area contributed by atoms with Crippen LogP contribution in [0.4, 0.5) is 0 Å². The number of pyridine rings is 1. The summed E-state index contributed by atoms with van der Waals surface area (Å²) >= 11 is 0. The van der Waals surface area contributed by atoms with E-state index in [1.807, 2.05) is 50.2 Å². The molecule has 0 aliphatic carbocycles. The fourth-order valence-electron chi connectivity index (χ4n) is 1.78. The van der Waals surface area contributed by atoms with Gasteiger partial charge in [-0.3, -0.25) is 4.98 Å². The van der Waals surface area contributed by atoms with Crippen LogP contribution in [0, 0.1) is 6.92 Å². The maximum atomic E-state index is 5.94. The smallest absolute Gasteiger partial charge is 0.130 e. The fourth-order valence-corrected chi connectivity index (χ4v) is 1.78. The van der Waals surface area contributed by atoms with Gasteiger partial charge in [-0.15, -0.1) is 0 Å². The largest absolute Gasteiger partial charge is 0.487 e. The maximum Gasteiger partial charge on any atom is 0.130 e. The van der Waals surface area contributed by atoms with Crippen LogP contribution in [0.25, 0.3) is 0 Å². The summed E-state index contributed by atoms with van der Waals surface area (Å²) in [5.41, 5.74) is 9.04. The standard InChI is InChI=1S/C15H18N2O/c1-11-6-7-14(12(2)16)15(9-11)18-10-13-5-3-4-8-17-13/h3-9,12H,10,16H2,1-2H3. The zero-order valence-electron chi connectivity index (χ0n) is 10.8. The molecule has 0 spiro atoms. The minimum absolute atomic E-state index is 0.0377. The second kappa shape index (κ2) is 5.65. The summed E-state index contributed by atoms with van der Waals surface area (Å²) < 4.78 is 5.82. The molecule has 1 unspecified atom stereocenters. The first-order valence-corrected chi connectivity index (χ1v) is 6.05. The molecule has 0 fully saturated rings. The number of benzene rings is 1. The Morgan fingerprint density at radius 1 is 1.28 bits per heavy atom. The number of hydrogen-bond acceptors (Lipinski definition) is 3. The van der Waals surface area contributed by atoms with Crippen LogP contribution in [0.5, 0.6) is 5.75 Å². The Morgan fingerprint density at radius 3 is 2.78 bits per heavy atom. The predicted molar refractivity (Wildman–Crippen MR) is 72.4 cm³/mol. The first-order valence-electron chi connectivity index (χ1n) is 6.05. The number of hydrogen-bond donors (Lipinski definition) is 1. The zero-order chi connectivity index (χ0) is 13.0. The van der Waals surface area contributed by atoms with E-state index in [4.69, 9.17) is 10.5 Å². The van der Waals surface area contributed by atoms with Gasteiger partial charge in [-0.2, -0.15) is 0 Å². The number of nitrogens with zero attached hydrogens (tertiary/aromatic N) is 1. The average Bonchev–Trinajstić information content (AvgIpc) is 2.37. The molecule has 2 rings (SSSR count). The van der Waals surface area contributed by atoms with Crippen molar-refractivity contribution >= 4 is 0 Å². The van der Waals surface area contributed by atoms with Crippen molar-refractivity contribution in [2.45, 2.75) is 26.5 Å². The molecule has 0 bridgehead atoms. The van der Waals surface area contributed by atoms with Crippen molar-refractivity contribution < 1.29 is 4.74 Å². The number of aromatic nitrogens is 1. The highest BCUT2D eigenvalue weighted by Gasteiger charge is 2.08. The van der Waals surface area contributed by atoms with Gasteiger partial charge in [0.25, 0.3) is 0 Å². The Kier molecular flexibility index (Phi) is 3.95. The van der Waals surface area contributed by atoms with E-state index in [2.05, 4.69) is 4.98 Å². The Labute approximate surface area is 108 Å². The summed E-state index contributed by atoms with van der Waals surface area (Å²) in [6, 6.07) is 11.8. The predicted octanol–water partition coefficient (Wildman–Crippen LogP) is 2.99. The molecule has 0 saturated heterocycles. The third kappa shape index (κ3) is 3.08. The number of ether oxygens (including phenoxy) is 1. The minimum atomic E-state index is -0.0377. The highest BCUT2D eigenvalue weighted by atomic mass is 16.5. The van der Waals surface area contributed by atoms with Gasteiger partial charge in [-0.1, -0.05) is 18.2 Å². The molecule has 1 aromatic heterocycles. The van der Waals surface area contributed by atoms with E-state index in [0.29, 0.717) is 6.61 Å². The van der Waals surface area contributed by atoms with Gasteiger partial charge in [0.05, 0.1) is 5.69 Å². The highest BCUT2D eigenvalue weighted by molar-refractivity contribution is 5.39. The van der Waals surface area contributed by atoms with Crippen molar-refractivity contribution in [1.29, 1.82) is 0 Å². The number of nitrogens with two attached hydrogens (primary N) is 1. The Morgan fingerprint density at radius 2 is 2.11 bits per heavy atom. The first-order chi connectivity index (χ1) is 8.66. The van der Waals surface area contributed by atoms with Crippen molar-refractivity contribution in [1.82, 2.24) is 4.98 Å². The summed E-state index contributed by atoms with van der Waals surface area (Å²) in [6.45, 7) is 4.46. The van der Waals surface area contributed by atoms with Crippen LogP contribution in [0.1, 0.15) is 29.8 Å². The van der Waals surface area contributed by atoms with Crippen molar-refractivity contribution in [3.8, 4) is 5.75 Å². The van der Waals surface area contributed by atoms with Gasteiger partial charge in [0.2, 0.25) is 0 Å². The van der Waals surface area contributed by atoms with Crippen molar-refractivity contribution in [2.75, 3.05) is 0 Å². The summed E-state index contributed by atoms with van der Waals surface area (Å²) in [4.78, 5) is 4.23. The summed E-state index contributed by atoms with van der Waals surface area (Å²) in [5, 5.41) is 0. The third-order valence-corrected chi connectivity index (χ3v) is 2.76. The summed E-state index contributed by atoms with van der Waals surface area (Å²) in [5.74, 6) is 0.843. The molecule has 18 heavy (non-hydrogen) atoms. The van der Waals surface area contributed by atoms with Gasteiger partial charge in [0, 0.05) is 17.8 Å². The molecule has 3 nitrogen and oxygen atoms in total. The van der Waals surface area contributed by atoms with Gasteiger partial charge < -0.3 is 10.5 Å². The molecule has 1 aromatic carbocycles. The van der Waals surface area contributed by atoms with Crippen molar-refractivity contribution in [3.63, 3.8) is 0 Å². The highest BCUT2D eigenvalue weighted by Crippen LogP contribution is 2.25. The Balaban J connectivity index is 2.15. The number of rotatable bonds is 4. The monoisotopic (exact) mass is 242 g/mol. The van der Waals surface area contributed by atoms with E-state index < -0.39 is 0 Å². The Bertz CT molecular complexity index is 509. The van der Waals surface area contributed by atoms with Crippen LogP contribution in [0.2, 0.25) is 0 Å². The van der Waals surface area contributed by atoms with Crippen LogP contribution in [-0.2, 0) is 6.61 Å². The van der Waals surface area contributed by atoms with Crippen molar-refractivity contribution in [3.05, 3.63) is 59.4 Å². The summed E-state index contributed by atoms with van der Waals surface area (Å²) in [6.07, 6.45) is 1.77. The lowest BCUT2D eigenvalue weighted by molar-refractivity contribution is 0.296. The Hall–Kier alpha value is -1.87. The molecule has 1 atom stereocenters. The molecular weight excluding hydrogens is 224 g/mol. The van der Waals surface area contributed by atoms with Gasteiger partial charge in [-0.25, -0.2) is 0 Å². The topological polar surface area (TPSA) is 48.1 Å². The first kappa shape index (κ1) is 12.6. The second-order valence-corrected chi connectivity index (χ2v) is 4.44. The van der Waals surface area contributed by atoms with Gasteiger partial charge >= 0.3 is 0 Å². The molecule has 0 saturated carbocycles. The summed E-state index contributed by atoms with van der Waals surface area (Å²) in [7, 11) is 0. The molecule has 2 aromatic rings. The zero-order valence-corrected chi connectivity index (χ0v) is 10.8. The normalized spacial score (nSPS) is 12.2. The van der Waals surface area contributed by atoms with Crippen LogP contribution in [0.3, 0.4) is 0 Å². The van der Waals surface area contributed by atoms with Crippen LogP contribution in [-0.4, -0.2) is 4.98 Å². The van der Waals surface area contributed by atoms with E-state index in [-0.39, 0.29) is 6.04 Å². The molecule has 1 heterocycles. The molecule has 94 valence electrons. The SMILES string of the molecule is Cc1ccc(C(C)N)c(OCc2ccccn2)c1. The van der Waals surface area contributed by atoms with Crippen LogP contribution >= 0.6 is 0 Å². The van der Waals surface area contributed by atoms with Crippen LogP contribution < -0.4 is 10.5 Å². The molecule has 0 amide bonds.